The molecule has 3 atom stereocenters. The van der Waals surface area contributed by atoms with Crippen LogP contribution in [0.2, 0.25) is 0 Å². The van der Waals surface area contributed by atoms with Crippen molar-refractivity contribution in [1.29, 1.82) is 0 Å². The van der Waals surface area contributed by atoms with Crippen LogP contribution in [-0.2, 0) is 44.7 Å². The second-order valence-corrected chi connectivity index (χ2v) is 16.0. The summed E-state index contributed by atoms with van der Waals surface area (Å²) in [5.74, 6) is -49.7. The molecule has 0 spiro atoms. The second-order valence-electron chi connectivity index (χ2n) is 16.0. The minimum Gasteiger partial charge on any atom is -0.445 e. The van der Waals surface area contributed by atoms with E-state index in [1.807, 2.05) is 0 Å². The lowest BCUT2D eigenvalue weighted by molar-refractivity contribution is -0.152. The van der Waals surface area contributed by atoms with Crippen molar-refractivity contribution < 1.29 is 123 Å². The van der Waals surface area contributed by atoms with E-state index < -0.39 is 198 Å². The van der Waals surface area contributed by atoms with E-state index in [2.05, 4.69) is 24.8 Å². The molecule has 0 saturated carbocycles. The molecule has 0 bridgehead atoms. The normalized spacial score (nSPS) is 15.2. The third-order valence-corrected chi connectivity index (χ3v) is 10.7. The van der Waals surface area contributed by atoms with Gasteiger partial charge in [0, 0.05) is 25.1 Å². The van der Waals surface area contributed by atoms with Gasteiger partial charge in [-0.05, 0) is 24.5 Å². The molecule has 0 aliphatic heterocycles. The minimum absolute atomic E-state index is 0.00207. The third-order valence-electron chi connectivity index (χ3n) is 10.7. The van der Waals surface area contributed by atoms with Crippen molar-refractivity contribution in [2.75, 3.05) is 32.9 Å². The number of hydrogen-bond donors (Lipinski definition) is 2. The van der Waals surface area contributed by atoms with Gasteiger partial charge in [-0.15, -0.1) is 0 Å². The highest BCUT2D eigenvalue weighted by molar-refractivity contribution is 5.93. The fraction of sp³-hybridized carbons (Fsp3) is 0.354. The van der Waals surface area contributed by atoms with Gasteiger partial charge in [-0.1, -0.05) is 43.2 Å². The van der Waals surface area contributed by atoms with E-state index in [0.29, 0.717) is 25.7 Å². The van der Waals surface area contributed by atoms with Crippen LogP contribution >= 0.6 is 0 Å². The summed E-state index contributed by atoms with van der Waals surface area (Å²) in [4.78, 5) is 63.4. The smallest absolute Gasteiger partial charge is 0.407 e. The van der Waals surface area contributed by atoms with Gasteiger partial charge in [0.1, 0.15) is 18.8 Å². The first kappa shape index (κ1) is 60.5. The van der Waals surface area contributed by atoms with Crippen LogP contribution in [0.4, 0.5) is 70.7 Å². The van der Waals surface area contributed by atoms with Gasteiger partial charge in [0.2, 0.25) is 110 Å². The molecule has 1 aliphatic carbocycles. The Labute approximate surface area is 424 Å². The molecule has 0 unspecified atom stereocenters. The molecule has 2 N–H and O–H groups in total. The molecule has 29 heteroatoms. The minimum atomic E-state index is -2.59. The predicted molar refractivity (Wildman–Crippen MR) is 227 cm³/mol. The van der Waals surface area contributed by atoms with Gasteiger partial charge in [0.25, 0.3) is 0 Å². The average Bonchev–Trinajstić information content (AvgIpc) is 3.41. The van der Waals surface area contributed by atoms with E-state index in [0.717, 1.165) is 11.6 Å². The molecule has 4 aromatic rings. The van der Waals surface area contributed by atoms with Gasteiger partial charge < -0.3 is 43.8 Å². The van der Waals surface area contributed by atoms with E-state index in [9.17, 15) is 89.8 Å². The van der Waals surface area contributed by atoms with Crippen LogP contribution in [0.25, 0.3) is 0 Å². The van der Waals surface area contributed by atoms with Crippen molar-refractivity contribution in [3.05, 3.63) is 135 Å². The number of carbonyl (C=O) groups excluding carboxylic acids is 5. The summed E-state index contributed by atoms with van der Waals surface area (Å²) in [5.41, 5.74) is 0.529. The molecule has 0 aromatic heterocycles. The van der Waals surface area contributed by atoms with Gasteiger partial charge in [0.15, 0.2) is 0 Å². The van der Waals surface area contributed by atoms with Crippen molar-refractivity contribution >= 4 is 29.9 Å². The first-order valence-corrected chi connectivity index (χ1v) is 22.5. The van der Waals surface area contributed by atoms with E-state index in [1.54, 1.807) is 30.3 Å². The molecule has 0 radical (unpaired) electrons. The van der Waals surface area contributed by atoms with Crippen molar-refractivity contribution in [3.8, 4) is 17.2 Å². The largest absolute Gasteiger partial charge is 0.445 e. The number of ether oxygens (including phenoxy) is 7. The molecule has 77 heavy (non-hydrogen) atoms. The fourth-order valence-electron chi connectivity index (χ4n) is 6.82. The lowest BCUT2D eigenvalue weighted by Gasteiger charge is -2.36. The van der Waals surface area contributed by atoms with Crippen LogP contribution in [0.3, 0.4) is 0 Å². The predicted octanol–water partition coefficient (Wildman–Crippen LogP) is 9.15. The molecule has 0 fully saturated rings. The van der Waals surface area contributed by atoms with Crippen molar-refractivity contribution in [2.24, 2.45) is 0 Å². The summed E-state index contributed by atoms with van der Waals surface area (Å²) in [5, 5.41) is 5.18. The summed E-state index contributed by atoms with van der Waals surface area (Å²) < 4.78 is 244. The first-order valence-electron chi connectivity index (χ1n) is 22.5. The van der Waals surface area contributed by atoms with Gasteiger partial charge in [-0.25, -0.2) is 44.3 Å². The SMILES string of the molecule is O=C(CCO[C@@H]1[C@H](OCCC(=O)Oc2c(F)c(F)c(F)c(F)c2F)C=C(C(=O)NCCCCCCNC(=O)OCc2ccccc2)C[C@H]1OCCC(=O)Oc1c(F)c(F)c(F)c(F)c1F)Oc1c(F)c(F)c(F)c(F)c1F. The van der Waals surface area contributed by atoms with Crippen molar-refractivity contribution in [2.45, 2.75) is 76.3 Å². The molecule has 2 amide bonds. The highest BCUT2D eigenvalue weighted by Crippen LogP contribution is 2.33. The maximum atomic E-state index is 14.3. The molecule has 1 aliphatic rings. The maximum absolute atomic E-state index is 14.3. The summed E-state index contributed by atoms with van der Waals surface area (Å²) in [7, 11) is 0. The zero-order valence-electron chi connectivity index (χ0n) is 39.2. The highest BCUT2D eigenvalue weighted by atomic mass is 19.2. The Bertz CT molecular complexity index is 2780. The lowest BCUT2D eigenvalue weighted by Crippen LogP contribution is -2.47. The number of alkyl carbamates (subject to hydrolysis) is 1. The Morgan fingerprint density at radius 1 is 0.455 bits per heavy atom. The van der Waals surface area contributed by atoms with Gasteiger partial charge in [0.05, 0.1) is 45.2 Å². The average molecular weight is 1120 g/mol. The molecular formula is C48H39F15N2O12. The summed E-state index contributed by atoms with van der Waals surface area (Å²) in [6.45, 7) is -2.53. The summed E-state index contributed by atoms with van der Waals surface area (Å²) in [6, 6.07) is 8.86. The Kier molecular flexibility index (Phi) is 22.1. The molecule has 0 saturated heterocycles. The fourth-order valence-corrected chi connectivity index (χ4v) is 6.82. The Balaban J connectivity index is 1.30. The molecule has 0 heterocycles. The Morgan fingerprint density at radius 2 is 0.831 bits per heavy atom. The number of benzene rings is 4. The molecule has 418 valence electrons. The molecular weight excluding hydrogens is 1080 g/mol. The van der Waals surface area contributed by atoms with Crippen LogP contribution in [0.5, 0.6) is 17.2 Å². The topological polar surface area (TPSA) is 174 Å². The molecule has 5 rings (SSSR count). The van der Waals surface area contributed by atoms with Crippen molar-refractivity contribution in [1.82, 2.24) is 10.6 Å². The number of carbonyl (C=O) groups is 5. The van der Waals surface area contributed by atoms with Gasteiger partial charge >= 0.3 is 24.0 Å². The van der Waals surface area contributed by atoms with Crippen molar-refractivity contribution in [3.63, 3.8) is 0 Å². The number of esters is 3. The number of rotatable bonds is 25. The molecule has 14 nitrogen and oxygen atoms in total. The molecule has 4 aromatic carbocycles. The quantitative estimate of drug-likeness (QED) is 0.0161. The first-order chi connectivity index (χ1) is 36.5. The van der Waals surface area contributed by atoms with Crippen LogP contribution in [0.1, 0.15) is 56.9 Å². The van der Waals surface area contributed by atoms with Gasteiger partial charge in [-0.3, -0.25) is 19.2 Å². The summed E-state index contributed by atoms with van der Waals surface area (Å²) >= 11 is 0. The van der Waals surface area contributed by atoms with E-state index >= 15 is 0 Å². The third kappa shape index (κ3) is 15.8. The zero-order valence-corrected chi connectivity index (χ0v) is 39.2. The standard InChI is InChI=1S/C48H39F15N2O12/c49-28-31(52)37(58)44(38(59)32(28)53)75-25(66)10-15-71-23-18-22(47(69)64-13-6-1-2-7-14-65-48(70)74-20-21-8-4-3-5-9-21)19-24(72-16-11-26(67)76-45-39(60)33(54)29(50)34(55)40(45)61)43(23)73-17-12-27(68)77-46-41(62)35(56)30(51)36(57)42(46)63/h3-5,8-9,18,23-24,43H,1-2,6-7,10-17,19-20H2,(H,64,69)(H,65,70)/t23-,24-,43-/m1/s1. The maximum Gasteiger partial charge on any atom is 0.407 e. The van der Waals surface area contributed by atoms with Crippen LogP contribution < -0.4 is 24.8 Å². The van der Waals surface area contributed by atoms with E-state index in [1.165, 1.54) is 0 Å². The number of unbranched alkanes of at least 4 members (excludes halogenated alkanes) is 3. The van der Waals surface area contributed by atoms with Crippen LogP contribution in [0.15, 0.2) is 42.0 Å². The highest BCUT2D eigenvalue weighted by Gasteiger charge is 2.39. The summed E-state index contributed by atoms with van der Waals surface area (Å²) in [6.07, 6.45) is -6.57. The number of amides is 2. The van der Waals surface area contributed by atoms with Crippen LogP contribution in [0, 0.1) is 87.3 Å². The zero-order chi connectivity index (χ0) is 56.7. The van der Waals surface area contributed by atoms with Crippen LogP contribution in [-0.4, -0.2) is 81.1 Å². The van der Waals surface area contributed by atoms with E-state index in [4.69, 9.17) is 18.9 Å². The second kappa shape index (κ2) is 28.1. The lowest BCUT2D eigenvalue weighted by atomic mass is 9.91. The van der Waals surface area contributed by atoms with Gasteiger partial charge in [-0.2, -0.15) is 26.3 Å². The monoisotopic (exact) mass is 1120 g/mol. The van der Waals surface area contributed by atoms with E-state index in [-0.39, 0.29) is 25.3 Å². The Morgan fingerprint density at radius 3 is 1.26 bits per heavy atom. The Hall–Kier alpha value is -7.40. The number of hydrogen-bond acceptors (Lipinski definition) is 12. The number of halogens is 15. The number of nitrogens with one attached hydrogen (secondary N) is 2.